The zero-order valence-corrected chi connectivity index (χ0v) is 16.2. The molecule has 2 aromatic rings. The van der Waals surface area contributed by atoms with Gasteiger partial charge < -0.3 is 15.3 Å². The van der Waals surface area contributed by atoms with Gasteiger partial charge in [-0.05, 0) is 36.6 Å². The van der Waals surface area contributed by atoms with Gasteiger partial charge in [-0.1, -0.05) is 54.1 Å². The van der Waals surface area contributed by atoms with E-state index in [0.717, 1.165) is 11.1 Å². The SMILES string of the molecule is C[C@@H](C(=O)NCCCO)N(Cc1ccc(Cl)cc1)C(=O)Cc1ccccc1. The molecule has 0 aliphatic carbocycles. The summed E-state index contributed by atoms with van der Waals surface area (Å²) in [4.78, 5) is 27.0. The Morgan fingerprint density at radius 1 is 1.07 bits per heavy atom. The van der Waals surface area contributed by atoms with E-state index in [9.17, 15) is 9.59 Å². The molecule has 0 fully saturated rings. The highest BCUT2D eigenvalue weighted by Gasteiger charge is 2.26. The van der Waals surface area contributed by atoms with Gasteiger partial charge in [0.25, 0.3) is 0 Å². The van der Waals surface area contributed by atoms with Gasteiger partial charge in [-0.3, -0.25) is 9.59 Å². The first kappa shape index (κ1) is 20.9. The number of aliphatic hydroxyl groups excluding tert-OH is 1. The van der Waals surface area contributed by atoms with Gasteiger partial charge in [0.15, 0.2) is 0 Å². The van der Waals surface area contributed by atoms with E-state index in [2.05, 4.69) is 5.32 Å². The molecule has 0 bridgehead atoms. The van der Waals surface area contributed by atoms with Crippen LogP contribution in [0.15, 0.2) is 54.6 Å². The summed E-state index contributed by atoms with van der Waals surface area (Å²) in [6.45, 7) is 2.42. The standard InChI is InChI=1S/C21H25ClN2O3/c1-16(21(27)23-12-5-13-25)24(15-18-8-10-19(22)11-9-18)20(26)14-17-6-3-2-4-7-17/h2-4,6-11,16,25H,5,12-15H2,1H3,(H,23,27)/t16-/m0/s1. The van der Waals surface area contributed by atoms with Gasteiger partial charge in [-0.2, -0.15) is 0 Å². The molecule has 2 N–H and O–H groups in total. The van der Waals surface area contributed by atoms with Crippen LogP contribution in [0.2, 0.25) is 5.02 Å². The Morgan fingerprint density at radius 2 is 1.74 bits per heavy atom. The van der Waals surface area contributed by atoms with Crippen LogP contribution in [0.3, 0.4) is 0 Å². The predicted molar refractivity (Wildman–Crippen MR) is 106 cm³/mol. The van der Waals surface area contributed by atoms with E-state index in [0.29, 0.717) is 24.5 Å². The molecule has 0 spiro atoms. The molecular formula is C21H25ClN2O3. The lowest BCUT2D eigenvalue weighted by Crippen LogP contribution is -2.48. The van der Waals surface area contributed by atoms with Crippen molar-refractivity contribution in [3.8, 4) is 0 Å². The Balaban J connectivity index is 2.14. The number of carbonyl (C=O) groups is 2. The van der Waals surface area contributed by atoms with Crippen molar-refractivity contribution in [2.75, 3.05) is 13.2 Å². The summed E-state index contributed by atoms with van der Waals surface area (Å²) < 4.78 is 0. The van der Waals surface area contributed by atoms with Crippen LogP contribution in [-0.4, -0.2) is 41.0 Å². The summed E-state index contributed by atoms with van der Waals surface area (Å²) in [6.07, 6.45) is 0.705. The first-order valence-electron chi connectivity index (χ1n) is 8.97. The second kappa shape index (κ2) is 10.7. The van der Waals surface area contributed by atoms with E-state index < -0.39 is 6.04 Å². The van der Waals surface area contributed by atoms with Gasteiger partial charge in [-0.25, -0.2) is 0 Å². The van der Waals surface area contributed by atoms with E-state index in [4.69, 9.17) is 16.7 Å². The molecule has 0 saturated heterocycles. The molecule has 5 nitrogen and oxygen atoms in total. The molecule has 0 aliphatic rings. The van der Waals surface area contributed by atoms with Crippen molar-refractivity contribution in [3.63, 3.8) is 0 Å². The number of rotatable bonds is 9. The normalized spacial score (nSPS) is 11.7. The number of amides is 2. The van der Waals surface area contributed by atoms with Crippen LogP contribution in [0, 0.1) is 0 Å². The molecule has 0 aromatic heterocycles. The van der Waals surface area contributed by atoms with Crippen molar-refractivity contribution < 1.29 is 14.7 Å². The molecular weight excluding hydrogens is 364 g/mol. The molecule has 0 aliphatic heterocycles. The molecule has 144 valence electrons. The minimum Gasteiger partial charge on any atom is -0.396 e. The van der Waals surface area contributed by atoms with Crippen molar-refractivity contribution in [3.05, 3.63) is 70.7 Å². The molecule has 0 heterocycles. The zero-order chi connectivity index (χ0) is 19.6. The number of nitrogens with zero attached hydrogens (tertiary/aromatic N) is 1. The van der Waals surface area contributed by atoms with Gasteiger partial charge in [0, 0.05) is 24.7 Å². The third-order valence-electron chi connectivity index (χ3n) is 4.27. The minimum absolute atomic E-state index is 0.0100. The lowest BCUT2D eigenvalue weighted by molar-refractivity contribution is -0.140. The van der Waals surface area contributed by atoms with Crippen LogP contribution < -0.4 is 5.32 Å². The first-order chi connectivity index (χ1) is 13.0. The largest absolute Gasteiger partial charge is 0.396 e. The smallest absolute Gasteiger partial charge is 0.242 e. The maximum absolute atomic E-state index is 12.9. The van der Waals surface area contributed by atoms with Crippen molar-refractivity contribution in [1.29, 1.82) is 0 Å². The first-order valence-corrected chi connectivity index (χ1v) is 9.35. The van der Waals surface area contributed by atoms with E-state index in [1.165, 1.54) is 0 Å². The maximum atomic E-state index is 12.9. The fourth-order valence-electron chi connectivity index (χ4n) is 2.68. The van der Waals surface area contributed by atoms with Gasteiger partial charge in [0.1, 0.15) is 6.04 Å². The molecule has 6 heteroatoms. The fraction of sp³-hybridized carbons (Fsp3) is 0.333. The van der Waals surface area contributed by atoms with Crippen LogP contribution in [0.5, 0.6) is 0 Å². The number of halogens is 1. The van der Waals surface area contributed by atoms with E-state index in [-0.39, 0.29) is 24.8 Å². The Bertz CT molecular complexity index is 735. The third-order valence-corrected chi connectivity index (χ3v) is 4.52. The number of aliphatic hydroxyl groups is 1. The van der Waals surface area contributed by atoms with Crippen LogP contribution in [0.25, 0.3) is 0 Å². The topological polar surface area (TPSA) is 69.6 Å². The average Bonchev–Trinajstić information content (AvgIpc) is 2.67. The summed E-state index contributed by atoms with van der Waals surface area (Å²) in [6, 6.07) is 16.1. The van der Waals surface area contributed by atoms with Crippen LogP contribution >= 0.6 is 11.6 Å². The van der Waals surface area contributed by atoms with E-state index in [1.807, 2.05) is 42.5 Å². The Labute approximate surface area is 165 Å². The lowest BCUT2D eigenvalue weighted by Gasteiger charge is -2.29. The zero-order valence-electron chi connectivity index (χ0n) is 15.4. The number of benzene rings is 2. The fourth-order valence-corrected chi connectivity index (χ4v) is 2.81. The molecule has 2 rings (SSSR count). The van der Waals surface area contributed by atoms with Crippen LogP contribution in [0.4, 0.5) is 0 Å². The average molecular weight is 389 g/mol. The number of hydrogen-bond acceptors (Lipinski definition) is 3. The highest BCUT2D eigenvalue weighted by molar-refractivity contribution is 6.30. The molecule has 0 radical (unpaired) electrons. The Morgan fingerprint density at radius 3 is 2.37 bits per heavy atom. The van der Waals surface area contributed by atoms with Crippen molar-refractivity contribution in [2.45, 2.75) is 32.4 Å². The second-order valence-corrected chi connectivity index (χ2v) is 6.79. The molecule has 2 amide bonds. The summed E-state index contributed by atoms with van der Waals surface area (Å²) in [5.41, 5.74) is 1.80. The van der Waals surface area contributed by atoms with E-state index >= 15 is 0 Å². The third kappa shape index (κ3) is 6.70. The van der Waals surface area contributed by atoms with Gasteiger partial charge in [0.05, 0.1) is 6.42 Å². The van der Waals surface area contributed by atoms with Gasteiger partial charge >= 0.3 is 0 Å². The number of hydrogen-bond donors (Lipinski definition) is 2. The Kier molecular flexibility index (Phi) is 8.30. The van der Waals surface area contributed by atoms with Crippen molar-refractivity contribution >= 4 is 23.4 Å². The molecule has 0 saturated carbocycles. The lowest BCUT2D eigenvalue weighted by atomic mass is 10.1. The quantitative estimate of drug-likeness (QED) is 0.649. The number of carbonyl (C=O) groups excluding carboxylic acids is 2. The molecule has 1 atom stereocenters. The monoisotopic (exact) mass is 388 g/mol. The predicted octanol–water partition coefficient (Wildman–Crippen LogP) is 2.80. The minimum atomic E-state index is -0.629. The molecule has 0 unspecified atom stereocenters. The Hall–Kier alpha value is -2.37. The number of nitrogens with one attached hydrogen (secondary N) is 1. The summed E-state index contributed by atoms with van der Waals surface area (Å²) in [7, 11) is 0. The van der Waals surface area contributed by atoms with Crippen molar-refractivity contribution in [2.24, 2.45) is 0 Å². The second-order valence-electron chi connectivity index (χ2n) is 6.35. The van der Waals surface area contributed by atoms with E-state index in [1.54, 1.807) is 24.0 Å². The maximum Gasteiger partial charge on any atom is 0.242 e. The van der Waals surface area contributed by atoms with Crippen molar-refractivity contribution in [1.82, 2.24) is 10.2 Å². The summed E-state index contributed by atoms with van der Waals surface area (Å²) >= 11 is 5.94. The summed E-state index contributed by atoms with van der Waals surface area (Å²) in [5.74, 6) is -0.361. The highest BCUT2D eigenvalue weighted by Crippen LogP contribution is 2.15. The van der Waals surface area contributed by atoms with Crippen LogP contribution in [0.1, 0.15) is 24.5 Å². The highest BCUT2D eigenvalue weighted by atomic mass is 35.5. The molecule has 27 heavy (non-hydrogen) atoms. The van der Waals surface area contributed by atoms with Gasteiger partial charge in [-0.15, -0.1) is 0 Å². The summed E-state index contributed by atoms with van der Waals surface area (Å²) in [5, 5.41) is 12.3. The molecule has 2 aromatic carbocycles. The van der Waals surface area contributed by atoms with Crippen LogP contribution in [-0.2, 0) is 22.6 Å². The van der Waals surface area contributed by atoms with Gasteiger partial charge in [0.2, 0.25) is 11.8 Å².